The number of thiazole rings is 1. The van der Waals surface area contributed by atoms with Crippen molar-refractivity contribution in [2.75, 3.05) is 6.54 Å². The van der Waals surface area contributed by atoms with E-state index in [1.807, 2.05) is 49.6 Å². The lowest BCUT2D eigenvalue weighted by Crippen LogP contribution is -2.45. The minimum atomic E-state index is -0.460. The average molecular weight is 317 g/mol. The van der Waals surface area contributed by atoms with Crippen molar-refractivity contribution in [3.8, 4) is 10.6 Å². The summed E-state index contributed by atoms with van der Waals surface area (Å²) in [6.07, 6.45) is 1.50. The second-order valence-electron chi connectivity index (χ2n) is 5.38. The topological polar surface area (TPSA) is 68.0 Å². The van der Waals surface area contributed by atoms with Gasteiger partial charge in [0, 0.05) is 17.5 Å². The number of rotatable bonds is 7. The molecule has 0 atom stereocenters. The number of nitrogens with one attached hydrogen (secondary N) is 1. The van der Waals surface area contributed by atoms with Gasteiger partial charge in [0.25, 0.3) is 0 Å². The van der Waals surface area contributed by atoms with Gasteiger partial charge in [-0.1, -0.05) is 44.2 Å². The highest BCUT2D eigenvalue weighted by Crippen LogP contribution is 2.26. The van der Waals surface area contributed by atoms with E-state index in [4.69, 9.17) is 5.73 Å². The molecule has 0 saturated heterocycles. The van der Waals surface area contributed by atoms with Crippen molar-refractivity contribution in [1.82, 2.24) is 10.3 Å². The fourth-order valence-electron chi connectivity index (χ4n) is 2.41. The summed E-state index contributed by atoms with van der Waals surface area (Å²) in [6, 6.07) is 10.1. The first-order valence-corrected chi connectivity index (χ1v) is 8.51. The van der Waals surface area contributed by atoms with Gasteiger partial charge in [0.2, 0.25) is 5.91 Å². The molecule has 0 fully saturated rings. The smallest absolute Gasteiger partial charge is 0.227 e. The quantitative estimate of drug-likeness (QED) is 0.824. The van der Waals surface area contributed by atoms with Crippen molar-refractivity contribution >= 4 is 17.2 Å². The molecule has 1 aromatic carbocycles. The van der Waals surface area contributed by atoms with Crippen molar-refractivity contribution in [2.45, 2.75) is 33.2 Å². The molecule has 1 amide bonds. The Morgan fingerprint density at radius 1 is 1.27 bits per heavy atom. The van der Waals surface area contributed by atoms with Gasteiger partial charge in [0.1, 0.15) is 5.01 Å². The van der Waals surface area contributed by atoms with E-state index in [2.05, 4.69) is 10.3 Å². The van der Waals surface area contributed by atoms with Gasteiger partial charge in [-0.3, -0.25) is 4.79 Å². The number of benzene rings is 1. The molecule has 0 unspecified atom stereocenters. The van der Waals surface area contributed by atoms with Gasteiger partial charge >= 0.3 is 0 Å². The Kier molecular flexibility index (Phi) is 5.69. The van der Waals surface area contributed by atoms with E-state index < -0.39 is 5.41 Å². The zero-order chi connectivity index (χ0) is 16.0. The number of amides is 1. The highest BCUT2D eigenvalue weighted by Gasteiger charge is 2.33. The molecule has 0 bridgehead atoms. The van der Waals surface area contributed by atoms with Crippen LogP contribution in [-0.2, 0) is 11.3 Å². The summed E-state index contributed by atoms with van der Waals surface area (Å²) >= 11 is 1.59. The number of nitrogens with two attached hydrogens (primary N) is 1. The third-order valence-corrected chi connectivity index (χ3v) is 5.17. The van der Waals surface area contributed by atoms with E-state index in [-0.39, 0.29) is 5.91 Å². The number of hydrogen-bond donors (Lipinski definition) is 2. The molecule has 1 aromatic heterocycles. The maximum atomic E-state index is 12.4. The minimum Gasteiger partial charge on any atom is -0.350 e. The Bertz CT molecular complexity index is 597. The predicted octanol–water partition coefficient (Wildman–Crippen LogP) is 3.19. The van der Waals surface area contributed by atoms with Crippen LogP contribution in [0.15, 0.2) is 35.7 Å². The molecule has 118 valence electrons. The predicted molar refractivity (Wildman–Crippen MR) is 91.5 cm³/mol. The first-order chi connectivity index (χ1) is 10.6. The van der Waals surface area contributed by atoms with E-state index in [9.17, 15) is 4.79 Å². The van der Waals surface area contributed by atoms with Crippen molar-refractivity contribution in [3.63, 3.8) is 0 Å². The highest BCUT2D eigenvalue weighted by atomic mass is 32.1. The molecular formula is C17H23N3OS. The molecule has 0 saturated carbocycles. The molecule has 4 nitrogen and oxygen atoms in total. The van der Waals surface area contributed by atoms with Gasteiger partial charge < -0.3 is 11.1 Å². The second-order valence-corrected chi connectivity index (χ2v) is 6.24. The third kappa shape index (κ3) is 3.54. The fourth-order valence-corrected chi connectivity index (χ4v) is 3.24. The summed E-state index contributed by atoms with van der Waals surface area (Å²) in [4.78, 5) is 17.0. The maximum absolute atomic E-state index is 12.4. The Morgan fingerprint density at radius 3 is 2.55 bits per heavy atom. The average Bonchev–Trinajstić information content (AvgIpc) is 3.05. The SMILES string of the molecule is CCC(CC)(CN)C(=O)NCc1csc(-c2ccccc2)n1. The van der Waals surface area contributed by atoms with Gasteiger partial charge in [-0.2, -0.15) is 0 Å². The maximum Gasteiger partial charge on any atom is 0.227 e. The number of carbonyl (C=O) groups is 1. The van der Waals surface area contributed by atoms with Crippen LogP contribution in [0.3, 0.4) is 0 Å². The second kappa shape index (κ2) is 7.51. The molecule has 2 aromatic rings. The molecule has 5 heteroatoms. The van der Waals surface area contributed by atoms with Crippen LogP contribution in [-0.4, -0.2) is 17.4 Å². The number of hydrogen-bond acceptors (Lipinski definition) is 4. The standard InChI is InChI=1S/C17H23N3OS/c1-3-17(4-2,12-18)16(21)19-10-14-11-22-15(20-14)13-8-6-5-7-9-13/h5-9,11H,3-4,10,12,18H2,1-2H3,(H,19,21). The number of carbonyl (C=O) groups excluding carboxylic acids is 1. The van der Waals surface area contributed by atoms with Crippen LogP contribution >= 0.6 is 11.3 Å². The summed E-state index contributed by atoms with van der Waals surface area (Å²) in [5.41, 5.74) is 7.33. The van der Waals surface area contributed by atoms with Gasteiger partial charge in [-0.15, -0.1) is 11.3 Å². The number of aromatic nitrogens is 1. The highest BCUT2D eigenvalue weighted by molar-refractivity contribution is 7.13. The Labute approximate surface area is 135 Å². The monoisotopic (exact) mass is 317 g/mol. The van der Waals surface area contributed by atoms with Crippen LogP contribution in [0.2, 0.25) is 0 Å². The van der Waals surface area contributed by atoms with Crippen molar-refractivity contribution in [2.24, 2.45) is 11.1 Å². The first kappa shape index (κ1) is 16.6. The van der Waals surface area contributed by atoms with Gasteiger partial charge in [0.15, 0.2) is 0 Å². The largest absolute Gasteiger partial charge is 0.350 e. The van der Waals surface area contributed by atoms with E-state index in [0.717, 1.165) is 29.1 Å². The van der Waals surface area contributed by atoms with Gasteiger partial charge in [0.05, 0.1) is 17.7 Å². The molecule has 0 spiro atoms. The van der Waals surface area contributed by atoms with Crippen molar-refractivity contribution in [3.05, 3.63) is 41.4 Å². The number of nitrogens with zero attached hydrogens (tertiary/aromatic N) is 1. The molecule has 0 aliphatic rings. The minimum absolute atomic E-state index is 0.0225. The Morgan fingerprint density at radius 2 is 1.95 bits per heavy atom. The molecule has 22 heavy (non-hydrogen) atoms. The van der Waals surface area contributed by atoms with E-state index in [1.54, 1.807) is 11.3 Å². The first-order valence-electron chi connectivity index (χ1n) is 7.63. The summed E-state index contributed by atoms with van der Waals surface area (Å²) in [5, 5.41) is 5.95. The van der Waals surface area contributed by atoms with Gasteiger partial charge in [-0.05, 0) is 12.8 Å². The fraction of sp³-hybridized carbons (Fsp3) is 0.412. The summed E-state index contributed by atoms with van der Waals surface area (Å²) in [7, 11) is 0. The van der Waals surface area contributed by atoms with Crippen LogP contribution in [0.25, 0.3) is 10.6 Å². The molecule has 3 N–H and O–H groups in total. The lowest BCUT2D eigenvalue weighted by Gasteiger charge is -2.28. The molecule has 0 radical (unpaired) electrons. The molecule has 1 heterocycles. The van der Waals surface area contributed by atoms with E-state index in [0.29, 0.717) is 13.1 Å². The molecule has 0 aliphatic carbocycles. The lowest BCUT2D eigenvalue weighted by atomic mass is 9.81. The summed E-state index contributed by atoms with van der Waals surface area (Å²) < 4.78 is 0. The summed E-state index contributed by atoms with van der Waals surface area (Å²) in [6.45, 7) is 4.83. The van der Waals surface area contributed by atoms with E-state index >= 15 is 0 Å². The van der Waals surface area contributed by atoms with Crippen LogP contribution in [0.4, 0.5) is 0 Å². The van der Waals surface area contributed by atoms with Crippen LogP contribution in [0.1, 0.15) is 32.4 Å². The Balaban J connectivity index is 2.01. The van der Waals surface area contributed by atoms with Crippen molar-refractivity contribution < 1.29 is 4.79 Å². The normalized spacial score (nSPS) is 11.4. The van der Waals surface area contributed by atoms with Crippen molar-refractivity contribution in [1.29, 1.82) is 0 Å². The van der Waals surface area contributed by atoms with Gasteiger partial charge in [-0.25, -0.2) is 4.98 Å². The Hall–Kier alpha value is -1.72. The van der Waals surface area contributed by atoms with Crippen LogP contribution in [0.5, 0.6) is 0 Å². The lowest BCUT2D eigenvalue weighted by molar-refractivity contribution is -0.131. The van der Waals surface area contributed by atoms with Crippen LogP contribution < -0.4 is 11.1 Å². The van der Waals surface area contributed by atoms with Crippen LogP contribution in [0, 0.1) is 5.41 Å². The molecular weight excluding hydrogens is 294 g/mol. The molecule has 2 rings (SSSR count). The summed E-state index contributed by atoms with van der Waals surface area (Å²) in [5.74, 6) is 0.0225. The zero-order valence-electron chi connectivity index (χ0n) is 13.1. The van der Waals surface area contributed by atoms with E-state index in [1.165, 1.54) is 0 Å². The zero-order valence-corrected chi connectivity index (χ0v) is 14.0. The third-order valence-electron chi connectivity index (χ3n) is 4.23. The molecule has 0 aliphatic heterocycles.